The van der Waals surface area contributed by atoms with Gasteiger partial charge >= 0.3 is 24.4 Å². The fraction of sp³-hybridized carbons (Fsp3) is 0.400. The molecule has 2 radical (unpaired) electrons. The van der Waals surface area contributed by atoms with E-state index in [1.165, 1.54) is 0 Å². The molecule has 0 atom stereocenters. The Morgan fingerprint density at radius 3 is 2.00 bits per heavy atom. The van der Waals surface area contributed by atoms with Gasteiger partial charge in [-0.15, -0.1) is 0 Å². The van der Waals surface area contributed by atoms with Crippen LogP contribution in [0.5, 0.6) is 5.75 Å². The van der Waals surface area contributed by atoms with Crippen LogP contribution in [0.25, 0.3) is 0 Å². The van der Waals surface area contributed by atoms with Crippen LogP contribution >= 0.6 is 15.9 Å². The summed E-state index contributed by atoms with van der Waals surface area (Å²) in [6.07, 6.45) is -10.9. The lowest BCUT2D eigenvalue weighted by molar-refractivity contribution is -0.389. The van der Waals surface area contributed by atoms with Crippen molar-refractivity contribution in [1.29, 1.82) is 0 Å². The first-order valence-corrected chi connectivity index (χ1v) is 5.78. The smallest absolute Gasteiger partial charge is 0.429 e. The maximum absolute atomic E-state index is 13.2. The Bertz CT molecular complexity index is 522. The van der Waals surface area contributed by atoms with Gasteiger partial charge in [0.15, 0.2) is 0 Å². The van der Waals surface area contributed by atoms with Crippen molar-refractivity contribution in [2.24, 2.45) is 0 Å². The summed E-state index contributed by atoms with van der Waals surface area (Å²) in [5, 5.41) is 0. The lowest BCUT2D eigenvalue weighted by Gasteiger charge is -2.32. The summed E-state index contributed by atoms with van der Waals surface area (Å²) in [5.41, 5.74) is -0.583. The van der Waals surface area contributed by atoms with Gasteiger partial charge in [-0.25, -0.2) is 8.78 Å². The van der Waals surface area contributed by atoms with Crippen molar-refractivity contribution < 1.29 is 39.9 Å². The lowest BCUT2D eigenvalue weighted by atomic mass is 9.95. The standard InChI is InChI=1S/C10H4BBrF8O/c11-5-3-4(12)1-2-6(5)21-10(19,20)9(17,18)8(15,16)7(13)14/h1-3,7H. The third-order valence-electron chi connectivity index (χ3n) is 2.27. The van der Waals surface area contributed by atoms with E-state index in [0.717, 1.165) is 12.1 Å². The molecule has 0 spiro atoms. The van der Waals surface area contributed by atoms with E-state index in [4.69, 9.17) is 7.85 Å². The molecule has 0 bridgehead atoms. The first-order valence-electron chi connectivity index (χ1n) is 4.98. The van der Waals surface area contributed by atoms with E-state index in [1.54, 1.807) is 0 Å². The molecule has 1 aromatic rings. The third kappa shape index (κ3) is 3.27. The van der Waals surface area contributed by atoms with Crippen molar-refractivity contribution in [3.05, 3.63) is 22.7 Å². The molecule has 0 aliphatic carbocycles. The van der Waals surface area contributed by atoms with Crippen LogP contribution in [-0.2, 0) is 0 Å². The second-order valence-electron chi connectivity index (χ2n) is 3.80. The van der Waals surface area contributed by atoms with Gasteiger partial charge in [0.05, 0.1) is 0 Å². The van der Waals surface area contributed by atoms with Crippen LogP contribution in [-0.4, -0.2) is 32.2 Å². The topological polar surface area (TPSA) is 9.23 Å². The largest absolute Gasteiger partial charge is 0.471 e. The van der Waals surface area contributed by atoms with Gasteiger partial charge in [-0.05, 0) is 12.1 Å². The van der Waals surface area contributed by atoms with Gasteiger partial charge in [0.2, 0.25) is 0 Å². The molecule has 11 heteroatoms. The van der Waals surface area contributed by atoms with Crippen LogP contribution in [0.3, 0.4) is 0 Å². The number of rotatable bonds is 5. The van der Waals surface area contributed by atoms with E-state index in [9.17, 15) is 35.1 Å². The van der Waals surface area contributed by atoms with Crippen LogP contribution in [0.1, 0.15) is 0 Å². The third-order valence-corrected chi connectivity index (χ3v) is 2.76. The molecule has 0 N–H and O–H groups in total. The molecule has 0 saturated carbocycles. The van der Waals surface area contributed by atoms with E-state index in [1.807, 2.05) is 0 Å². The first kappa shape index (κ1) is 18.1. The summed E-state index contributed by atoms with van der Waals surface area (Å²) in [7, 11) is 5.17. The second kappa shape index (κ2) is 5.66. The Morgan fingerprint density at radius 2 is 1.57 bits per heavy atom. The molecule has 0 aromatic heterocycles. The monoisotopic (exact) mass is 382 g/mol. The average Bonchev–Trinajstić information content (AvgIpc) is 2.32. The number of benzene rings is 1. The van der Waals surface area contributed by atoms with Crippen LogP contribution in [0.4, 0.5) is 35.1 Å². The van der Waals surface area contributed by atoms with Crippen LogP contribution in [0.2, 0.25) is 0 Å². The highest BCUT2D eigenvalue weighted by atomic mass is 79.9. The van der Waals surface area contributed by atoms with Crippen molar-refractivity contribution in [3.63, 3.8) is 0 Å². The maximum Gasteiger partial charge on any atom is 0.471 e. The Labute approximate surface area is 122 Å². The fourth-order valence-corrected chi connectivity index (χ4v) is 1.52. The molecule has 1 rings (SSSR count). The number of halogens is 9. The zero-order valence-corrected chi connectivity index (χ0v) is 11.3. The molecule has 0 heterocycles. The van der Waals surface area contributed by atoms with Crippen LogP contribution in [0.15, 0.2) is 22.7 Å². The molecule has 1 aromatic carbocycles. The molecule has 0 aliphatic rings. The van der Waals surface area contributed by atoms with E-state index in [-0.39, 0.29) is 4.47 Å². The Hall–Kier alpha value is -0.995. The normalized spacial score (nSPS) is 13.6. The SMILES string of the molecule is [B]c1cc(Br)ccc1OC(F)(F)C(F)(F)C(F)(F)C(F)F. The summed E-state index contributed by atoms with van der Waals surface area (Å²) in [6.45, 7) is 0. The van der Waals surface area contributed by atoms with Gasteiger partial charge in [-0.2, -0.15) is 26.3 Å². The quantitative estimate of drug-likeness (QED) is 0.556. The van der Waals surface area contributed by atoms with E-state index in [2.05, 4.69) is 20.7 Å². The van der Waals surface area contributed by atoms with Crippen molar-refractivity contribution in [2.75, 3.05) is 0 Å². The Morgan fingerprint density at radius 1 is 1.05 bits per heavy atom. The molecule has 0 fully saturated rings. The minimum atomic E-state index is -6.45. The molecular formula is C10H4BBrF8O. The Kier molecular flexibility index (Phi) is 4.86. The maximum atomic E-state index is 13.2. The van der Waals surface area contributed by atoms with Gasteiger partial charge in [0.1, 0.15) is 13.6 Å². The molecule has 1 nitrogen and oxygen atoms in total. The van der Waals surface area contributed by atoms with Gasteiger partial charge in [-0.1, -0.05) is 27.5 Å². The average molecular weight is 383 g/mol. The van der Waals surface area contributed by atoms with E-state index in [0.29, 0.717) is 6.07 Å². The van der Waals surface area contributed by atoms with Gasteiger partial charge in [0.25, 0.3) is 0 Å². The zero-order chi connectivity index (χ0) is 16.6. The summed E-state index contributed by atoms with van der Waals surface area (Å²) in [6, 6.07) is 2.70. The lowest BCUT2D eigenvalue weighted by Crippen LogP contribution is -2.60. The fourth-order valence-electron chi connectivity index (χ4n) is 1.15. The molecule has 0 amide bonds. The predicted molar refractivity (Wildman–Crippen MR) is 61.0 cm³/mol. The highest BCUT2D eigenvalue weighted by molar-refractivity contribution is 9.10. The van der Waals surface area contributed by atoms with Crippen molar-refractivity contribution in [1.82, 2.24) is 0 Å². The number of alkyl halides is 8. The van der Waals surface area contributed by atoms with E-state index >= 15 is 0 Å². The molecule has 0 unspecified atom stereocenters. The first-order chi connectivity index (χ1) is 9.33. The van der Waals surface area contributed by atoms with Gasteiger partial charge in [0, 0.05) is 4.47 Å². The van der Waals surface area contributed by atoms with E-state index < -0.39 is 35.6 Å². The molecule has 0 saturated heterocycles. The predicted octanol–water partition coefficient (Wildman–Crippen LogP) is 3.75. The summed E-state index contributed by atoms with van der Waals surface area (Å²) < 4.78 is 105. The van der Waals surface area contributed by atoms with Crippen molar-refractivity contribution in [3.8, 4) is 5.75 Å². The molecular weight excluding hydrogens is 379 g/mol. The minimum absolute atomic E-state index is 0.264. The number of hydrogen-bond acceptors (Lipinski definition) is 1. The van der Waals surface area contributed by atoms with Crippen LogP contribution < -0.4 is 10.2 Å². The molecule has 21 heavy (non-hydrogen) atoms. The summed E-state index contributed by atoms with van der Waals surface area (Å²) in [5.74, 6) is -13.8. The zero-order valence-electron chi connectivity index (χ0n) is 9.70. The highest BCUT2D eigenvalue weighted by Crippen LogP contribution is 2.48. The Balaban J connectivity index is 3.15. The van der Waals surface area contributed by atoms with Gasteiger partial charge < -0.3 is 4.74 Å². The van der Waals surface area contributed by atoms with Crippen molar-refractivity contribution >= 4 is 29.2 Å². The summed E-state index contributed by atoms with van der Waals surface area (Å²) in [4.78, 5) is 0. The highest BCUT2D eigenvalue weighted by Gasteiger charge is 2.77. The van der Waals surface area contributed by atoms with Crippen LogP contribution in [0, 0.1) is 0 Å². The molecule has 116 valence electrons. The van der Waals surface area contributed by atoms with Crippen molar-refractivity contribution in [2.45, 2.75) is 24.4 Å². The molecule has 0 aliphatic heterocycles. The minimum Gasteiger partial charge on any atom is -0.429 e. The van der Waals surface area contributed by atoms with Gasteiger partial charge in [-0.3, -0.25) is 0 Å². The summed E-state index contributed by atoms with van der Waals surface area (Å²) >= 11 is 2.88. The second-order valence-corrected chi connectivity index (χ2v) is 4.71. The number of hydrogen-bond donors (Lipinski definition) is 0. The number of ether oxygens (including phenoxy) is 1.